The van der Waals surface area contributed by atoms with E-state index in [1.807, 2.05) is 32.9 Å². The van der Waals surface area contributed by atoms with Crippen LogP contribution in [0.4, 0.5) is 4.79 Å². The molecule has 0 spiro atoms. The lowest BCUT2D eigenvalue weighted by Crippen LogP contribution is -2.56. The first-order valence-corrected chi connectivity index (χ1v) is 11.9. The van der Waals surface area contributed by atoms with Crippen molar-refractivity contribution in [2.75, 3.05) is 32.7 Å². The van der Waals surface area contributed by atoms with E-state index in [4.69, 9.17) is 4.74 Å². The number of fused-ring (bicyclic) bond motifs is 1. The summed E-state index contributed by atoms with van der Waals surface area (Å²) in [6.45, 7) is 8.90. The fourth-order valence-electron chi connectivity index (χ4n) is 5.17. The molecule has 0 bridgehead atoms. The Morgan fingerprint density at radius 1 is 0.969 bits per heavy atom. The summed E-state index contributed by atoms with van der Waals surface area (Å²) in [6, 6.07) is 7.02. The number of piperazine rings is 1. The number of hydrogen-bond acceptors (Lipinski definition) is 5. The maximum atomic E-state index is 13.2. The van der Waals surface area contributed by atoms with E-state index in [2.05, 4.69) is 4.90 Å². The predicted octanol–water partition coefficient (Wildman–Crippen LogP) is 3.78. The van der Waals surface area contributed by atoms with E-state index in [0.29, 0.717) is 49.8 Å². The summed E-state index contributed by atoms with van der Waals surface area (Å²) in [7, 11) is 0. The van der Waals surface area contributed by atoms with Gasteiger partial charge < -0.3 is 9.64 Å². The standard InChI is InChI=1S/C25H35N3O4/c1-25(2,3)32-24(31)27-15-13-26(14-16-27)17-21(18-9-5-4-6-10-18)28-22(29)19-11-7-8-12-20(19)23(28)30/h7-8,11-12,18,21H,4-6,9-10,13-17H2,1-3H3. The van der Waals surface area contributed by atoms with Crippen molar-refractivity contribution in [3.05, 3.63) is 35.4 Å². The smallest absolute Gasteiger partial charge is 0.410 e. The number of carbonyl (C=O) groups excluding carboxylic acids is 3. The van der Waals surface area contributed by atoms with Crippen molar-refractivity contribution in [2.45, 2.75) is 64.5 Å². The van der Waals surface area contributed by atoms with Crippen LogP contribution < -0.4 is 0 Å². The van der Waals surface area contributed by atoms with Crippen LogP contribution in [0.15, 0.2) is 24.3 Å². The second kappa shape index (κ2) is 9.22. The highest BCUT2D eigenvalue weighted by atomic mass is 16.6. The van der Waals surface area contributed by atoms with Gasteiger partial charge in [0.1, 0.15) is 5.60 Å². The second-order valence-electron chi connectivity index (χ2n) is 10.3. The molecule has 174 valence electrons. The fraction of sp³-hybridized carbons (Fsp3) is 0.640. The van der Waals surface area contributed by atoms with Crippen molar-refractivity contribution in [1.29, 1.82) is 0 Å². The highest BCUT2D eigenvalue weighted by Gasteiger charge is 2.43. The van der Waals surface area contributed by atoms with E-state index >= 15 is 0 Å². The van der Waals surface area contributed by atoms with Crippen molar-refractivity contribution < 1.29 is 19.1 Å². The fourth-order valence-corrected chi connectivity index (χ4v) is 5.17. The molecule has 2 aliphatic heterocycles. The summed E-state index contributed by atoms with van der Waals surface area (Å²) in [5.41, 5.74) is 0.535. The molecule has 1 saturated carbocycles. The first kappa shape index (κ1) is 22.8. The van der Waals surface area contributed by atoms with E-state index in [1.165, 1.54) is 6.42 Å². The largest absolute Gasteiger partial charge is 0.444 e. The monoisotopic (exact) mass is 441 g/mol. The molecule has 0 aromatic heterocycles. The van der Waals surface area contributed by atoms with Gasteiger partial charge in [-0.05, 0) is 51.7 Å². The molecule has 7 nitrogen and oxygen atoms in total. The van der Waals surface area contributed by atoms with Crippen LogP contribution in [-0.4, -0.2) is 77.0 Å². The van der Waals surface area contributed by atoms with E-state index < -0.39 is 5.60 Å². The van der Waals surface area contributed by atoms with Gasteiger partial charge in [0.2, 0.25) is 0 Å². The number of imide groups is 1. The number of ether oxygens (including phenoxy) is 1. The molecule has 1 aromatic rings. The lowest BCUT2D eigenvalue weighted by Gasteiger charge is -2.41. The lowest BCUT2D eigenvalue weighted by molar-refractivity contribution is 0.0101. The first-order chi connectivity index (χ1) is 15.2. The second-order valence-corrected chi connectivity index (χ2v) is 10.3. The average Bonchev–Trinajstić information content (AvgIpc) is 3.02. The molecule has 3 amide bonds. The van der Waals surface area contributed by atoms with Crippen molar-refractivity contribution in [3.63, 3.8) is 0 Å². The summed E-state index contributed by atoms with van der Waals surface area (Å²) >= 11 is 0. The molecule has 2 fully saturated rings. The van der Waals surface area contributed by atoms with Gasteiger partial charge in [0.05, 0.1) is 17.2 Å². The molecule has 1 saturated heterocycles. The molecule has 32 heavy (non-hydrogen) atoms. The van der Waals surface area contributed by atoms with Crippen LogP contribution in [0, 0.1) is 5.92 Å². The minimum absolute atomic E-state index is 0.129. The third-order valence-electron chi connectivity index (χ3n) is 6.82. The van der Waals surface area contributed by atoms with Gasteiger partial charge in [0.25, 0.3) is 11.8 Å². The summed E-state index contributed by atoms with van der Waals surface area (Å²) in [4.78, 5) is 44.4. The van der Waals surface area contributed by atoms with Gasteiger partial charge in [0, 0.05) is 32.7 Å². The Morgan fingerprint density at radius 2 is 1.53 bits per heavy atom. The molecular formula is C25H35N3O4. The highest BCUT2D eigenvalue weighted by Crippen LogP contribution is 2.34. The zero-order chi connectivity index (χ0) is 22.9. The molecule has 0 radical (unpaired) electrons. The molecule has 1 unspecified atom stereocenters. The highest BCUT2D eigenvalue weighted by molar-refractivity contribution is 6.21. The molecule has 4 rings (SSSR count). The van der Waals surface area contributed by atoms with Crippen LogP contribution in [0.5, 0.6) is 0 Å². The summed E-state index contributed by atoms with van der Waals surface area (Å²) in [5.74, 6) is 0.0111. The van der Waals surface area contributed by atoms with Gasteiger partial charge in [-0.1, -0.05) is 31.4 Å². The number of benzene rings is 1. The molecule has 1 aromatic carbocycles. The molecule has 7 heteroatoms. The van der Waals surface area contributed by atoms with Crippen LogP contribution in [0.1, 0.15) is 73.6 Å². The Balaban J connectivity index is 1.46. The Hall–Kier alpha value is -2.41. The van der Waals surface area contributed by atoms with Gasteiger partial charge in [-0.25, -0.2) is 4.79 Å². The summed E-state index contributed by atoms with van der Waals surface area (Å²) in [5, 5.41) is 0. The quantitative estimate of drug-likeness (QED) is 0.665. The minimum Gasteiger partial charge on any atom is -0.444 e. The Kier molecular flexibility index (Phi) is 6.56. The Morgan fingerprint density at radius 3 is 2.06 bits per heavy atom. The first-order valence-electron chi connectivity index (χ1n) is 11.9. The van der Waals surface area contributed by atoms with E-state index in [1.54, 1.807) is 21.9 Å². The average molecular weight is 442 g/mol. The van der Waals surface area contributed by atoms with Crippen LogP contribution in [-0.2, 0) is 4.74 Å². The number of rotatable bonds is 4. The van der Waals surface area contributed by atoms with E-state index in [-0.39, 0.29) is 23.9 Å². The summed E-state index contributed by atoms with van der Waals surface area (Å²) in [6.07, 6.45) is 5.35. The maximum Gasteiger partial charge on any atom is 0.410 e. The van der Waals surface area contributed by atoms with Crippen molar-refractivity contribution in [1.82, 2.24) is 14.7 Å². The lowest BCUT2D eigenvalue weighted by atomic mass is 9.82. The van der Waals surface area contributed by atoms with Gasteiger partial charge in [-0.2, -0.15) is 0 Å². The van der Waals surface area contributed by atoms with E-state index in [0.717, 1.165) is 25.7 Å². The van der Waals surface area contributed by atoms with Gasteiger partial charge >= 0.3 is 6.09 Å². The molecule has 0 N–H and O–H groups in total. The van der Waals surface area contributed by atoms with Gasteiger partial charge in [0.15, 0.2) is 0 Å². The zero-order valence-corrected chi connectivity index (χ0v) is 19.5. The molecule has 1 aliphatic carbocycles. The molecular weight excluding hydrogens is 406 g/mol. The number of nitrogens with zero attached hydrogens (tertiary/aromatic N) is 3. The molecule has 1 atom stereocenters. The van der Waals surface area contributed by atoms with Crippen molar-refractivity contribution in [2.24, 2.45) is 5.92 Å². The topological polar surface area (TPSA) is 70.2 Å². The van der Waals surface area contributed by atoms with Crippen LogP contribution in [0.2, 0.25) is 0 Å². The van der Waals surface area contributed by atoms with Gasteiger partial charge in [-0.3, -0.25) is 19.4 Å². The Labute approximate surface area is 190 Å². The summed E-state index contributed by atoms with van der Waals surface area (Å²) < 4.78 is 5.50. The number of hydrogen-bond donors (Lipinski definition) is 0. The van der Waals surface area contributed by atoms with Crippen LogP contribution in [0.3, 0.4) is 0 Å². The number of amides is 3. The van der Waals surface area contributed by atoms with Crippen molar-refractivity contribution in [3.8, 4) is 0 Å². The van der Waals surface area contributed by atoms with E-state index in [9.17, 15) is 14.4 Å². The number of carbonyl (C=O) groups is 3. The molecule has 3 aliphatic rings. The predicted molar refractivity (Wildman–Crippen MR) is 122 cm³/mol. The molecule has 2 heterocycles. The van der Waals surface area contributed by atoms with Crippen molar-refractivity contribution >= 4 is 17.9 Å². The van der Waals surface area contributed by atoms with Crippen LogP contribution in [0.25, 0.3) is 0 Å². The zero-order valence-electron chi connectivity index (χ0n) is 19.5. The normalized spacial score (nSPS) is 21.6. The maximum absolute atomic E-state index is 13.2. The van der Waals surface area contributed by atoms with Crippen LogP contribution >= 0.6 is 0 Å². The third kappa shape index (κ3) is 4.82. The minimum atomic E-state index is -0.508. The third-order valence-corrected chi connectivity index (χ3v) is 6.82. The Bertz CT molecular complexity index is 829. The van der Waals surface area contributed by atoms with Gasteiger partial charge in [-0.15, -0.1) is 0 Å². The SMILES string of the molecule is CC(C)(C)OC(=O)N1CCN(CC(C2CCCCC2)N2C(=O)c3ccccc3C2=O)CC1.